The maximum Gasteiger partial charge on any atom is 0.257 e. The molecule has 7 heteroatoms. The van der Waals surface area contributed by atoms with Gasteiger partial charge in [-0.1, -0.05) is 20.8 Å². The largest absolute Gasteiger partial charge is 0.337 e. The Morgan fingerprint density at radius 2 is 1.92 bits per heavy atom. The van der Waals surface area contributed by atoms with Crippen LogP contribution in [0, 0.1) is 0 Å². The van der Waals surface area contributed by atoms with E-state index in [1.54, 1.807) is 4.68 Å². The summed E-state index contributed by atoms with van der Waals surface area (Å²) in [7, 11) is 1.89. The van der Waals surface area contributed by atoms with Crippen LogP contribution >= 0.6 is 12.4 Å². The van der Waals surface area contributed by atoms with Gasteiger partial charge < -0.3 is 10.2 Å². The highest BCUT2D eigenvalue weighted by Gasteiger charge is 2.34. The van der Waals surface area contributed by atoms with E-state index < -0.39 is 0 Å². The molecule has 2 aliphatic heterocycles. The molecule has 0 radical (unpaired) electrons. The Morgan fingerprint density at radius 1 is 1.25 bits per heavy atom. The van der Waals surface area contributed by atoms with Crippen molar-refractivity contribution in [2.45, 2.75) is 38.6 Å². The van der Waals surface area contributed by atoms with Crippen LogP contribution in [0.1, 0.15) is 43.2 Å². The van der Waals surface area contributed by atoms with Crippen LogP contribution in [0.2, 0.25) is 0 Å². The number of hydrogen-bond acceptors (Lipinski definition) is 4. The zero-order valence-corrected chi connectivity index (χ0v) is 16.0. The fourth-order valence-corrected chi connectivity index (χ4v) is 3.64. The summed E-state index contributed by atoms with van der Waals surface area (Å²) in [4.78, 5) is 17.5. The molecule has 0 spiro atoms. The van der Waals surface area contributed by atoms with Crippen molar-refractivity contribution in [2.24, 2.45) is 7.05 Å². The molecule has 1 amide bonds. The predicted molar refractivity (Wildman–Crippen MR) is 97.9 cm³/mol. The maximum absolute atomic E-state index is 13.0. The lowest BCUT2D eigenvalue weighted by Crippen LogP contribution is -2.49. The molecule has 1 aromatic rings. The number of likely N-dealkylation sites (tertiary alicyclic amines) is 1. The minimum absolute atomic E-state index is 0. The highest BCUT2D eigenvalue weighted by Crippen LogP contribution is 2.26. The quantitative estimate of drug-likeness (QED) is 0.867. The van der Waals surface area contributed by atoms with Gasteiger partial charge in [-0.25, -0.2) is 0 Å². The summed E-state index contributed by atoms with van der Waals surface area (Å²) in [6.45, 7) is 12.3. The Labute approximate surface area is 151 Å². The van der Waals surface area contributed by atoms with E-state index in [4.69, 9.17) is 0 Å². The molecule has 0 bridgehead atoms. The van der Waals surface area contributed by atoms with E-state index in [-0.39, 0.29) is 23.7 Å². The van der Waals surface area contributed by atoms with E-state index in [1.165, 1.54) is 0 Å². The molecule has 0 aliphatic carbocycles. The van der Waals surface area contributed by atoms with Crippen LogP contribution in [0.25, 0.3) is 0 Å². The number of halogens is 1. The second-order valence-corrected chi connectivity index (χ2v) is 7.79. The van der Waals surface area contributed by atoms with E-state index in [0.29, 0.717) is 6.04 Å². The van der Waals surface area contributed by atoms with Crippen molar-refractivity contribution in [3.05, 3.63) is 17.5 Å². The lowest BCUT2D eigenvalue weighted by atomic mass is 9.89. The minimum atomic E-state index is -0.121. The molecule has 2 fully saturated rings. The molecule has 2 saturated heterocycles. The minimum Gasteiger partial charge on any atom is -0.337 e. The molecule has 6 nitrogen and oxygen atoms in total. The molecular formula is C17H30ClN5O. The summed E-state index contributed by atoms with van der Waals surface area (Å²) in [5, 5.41) is 7.93. The third-order valence-corrected chi connectivity index (χ3v) is 4.89. The van der Waals surface area contributed by atoms with Crippen molar-refractivity contribution >= 4 is 18.3 Å². The first kappa shape index (κ1) is 19.2. The number of carbonyl (C=O) groups is 1. The number of nitrogens with zero attached hydrogens (tertiary/aromatic N) is 4. The number of rotatable bonds is 2. The number of carbonyl (C=O) groups excluding carboxylic acids is 1. The standard InChI is InChI=1S/C17H29N5O.ClH/c1-17(2,3)15-14(12-20(4)19-15)16(23)22-8-5-13(11-22)21-9-6-18-7-10-21;/h12-13,18H,5-11H2,1-4H3;1H. The van der Waals surface area contributed by atoms with E-state index in [1.807, 2.05) is 18.1 Å². The van der Waals surface area contributed by atoms with Gasteiger partial charge in [0.25, 0.3) is 5.91 Å². The SMILES string of the molecule is Cl.Cn1cc(C(=O)N2CCC(N3CCNCC3)C2)c(C(C)(C)C)n1. The third-order valence-electron chi connectivity index (χ3n) is 4.89. The van der Waals surface area contributed by atoms with E-state index in [9.17, 15) is 4.79 Å². The molecule has 3 rings (SSSR count). The van der Waals surface area contributed by atoms with E-state index >= 15 is 0 Å². The van der Waals surface area contributed by atoms with Crippen LogP contribution in [0.4, 0.5) is 0 Å². The van der Waals surface area contributed by atoms with Gasteiger partial charge in [0.1, 0.15) is 0 Å². The Morgan fingerprint density at radius 3 is 2.54 bits per heavy atom. The van der Waals surface area contributed by atoms with Crippen LogP contribution < -0.4 is 5.32 Å². The topological polar surface area (TPSA) is 53.4 Å². The number of hydrogen-bond donors (Lipinski definition) is 1. The Kier molecular flexibility index (Phi) is 5.94. The monoisotopic (exact) mass is 355 g/mol. The fraction of sp³-hybridized carbons (Fsp3) is 0.765. The zero-order valence-electron chi connectivity index (χ0n) is 15.2. The second kappa shape index (κ2) is 7.42. The maximum atomic E-state index is 13.0. The van der Waals surface area contributed by atoms with Gasteiger partial charge in [-0.2, -0.15) is 5.10 Å². The molecule has 3 heterocycles. The first-order chi connectivity index (χ1) is 10.9. The van der Waals surface area contributed by atoms with Crippen LogP contribution in [-0.4, -0.2) is 70.8 Å². The predicted octanol–water partition coefficient (Wildman–Crippen LogP) is 1.26. The van der Waals surface area contributed by atoms with E-state index in [0.717, 1.165) is 56.9 Å². The number of piperazine rings is 1. The van der Waals surface area contributed by atoms with Crippen molar-refractivity contribution in [2.75, 3.05) is 39.3 Å². The first-order valence-corrected chi connectivity index (χ1v) is 8.64. The van der Waals surface area contributed by atoms with E-state index in [2.05, 4.69) is 36.1 Å². The number of amides is 1. The Balaban J connectivity index is 0.00000208. The van der Waals surface area contributed by atoms with Crippen molar-refractivity contribution in [3.63, 3.8) is 0 Å². The summed E-state index contributed by atoms with van der Waals surface area (Å²) in [6.07, 6.45) is 2.96. The fourth-order valence-electron chi connectivity index (χ4n) is 3.64. The first-order valence-electron chi connectivity index (χ1n) is 8.64. The van der Waals surface area contributed by atoms with Gasteiger partial charge in [-0.15, -0.1) is 12.4 Å². The summed E-state index contributed by atoms with van der Waals surface area (Å²) < 4.78 is 1.76. The number of aromatic nitrogens is 2. The van der Waals surface area contributed by atoms with Gasteiger partial charge in [0.05, 0.1) is 11.3 Å². The van der Waals surface area contributed by atoms with Gasteiger partial charge in [0.15, 0.2) is 0 Å². The summed E-state index contributed by atoms with van der Waals surface area (Å²) in [6, 6.07) is 0.510. The van der Waals surface area contributed by atoms with Crippen LogP contribution in [0.5, 0.6) is 0 Å². The van der Waals surface area contributed by atoms with Crippen LogP contribution in [0.3, 0.4) is 0 Å². The van der Waals surface area contributed by atoms with Crippen molar-refractivity contribution in [1.82, 2.24) is 24.9 Å². The van der Waals surface area contributed by atoms with Gasteiger partial charge in [0, 0.05) is 64.0 Å². The van der Waals surface area contributed by atoms with Crippen molar-refractivity contribution in [1.29, 1.82) is 0 Å². The van der Waals surface area contributed by atoms with Crippen LogP contribution in [0.15, 0.2) is 6.20 Å². The Bertz CT molecular complexity index is 574. The lowest BCUT2D eigenvalue weighted by Gasteiger charge is -2.32. The molecule has 136 valence electrons. The molecule has 1 atom stereocenters. The highest BCUT2D eigenvalue weighted by atomic mass is 35.5. The van der Waals surface area contributed by atoms with Gasteiger partial charge in [-0.3, -0.25) is 14.4 Å². The van der Waals surface area contributed by atoms with Crippen LogP contribution in [-0.2, 0) is 12.5 Å². The summed E-state index contributed by atoms with van der Waals surface area (Å²) in [5.74, 6) is 0.139. The molecular weight excluding hydrogens is 326 g/mol. The van der Waals surface area contributed by atoms with Gasteiger partial charge >= 0.3 is 0 Å². The molecule has 0 aromatic carbocycles. The lowest BCUT2D eigenvalue weighted by molar-refractivity contribution is 0.0771. The highest BCUT2D eigenvalue weighted by molar-refractivity contribution is 5.95. The average Bonchev–Trinajstić information content (AvgIpc) is 3.13. The summed E-state index contributed by atoms with van der Waals surface area (Å²) >= 11 is 0. The molecule has 1 N–H and O–H groups in total. The zero-order chi connectivity index (χ0) is 16.6. The van der Waals surface area contributed by atoms with Gasteiger partial charge in [-0.05, 0) is 6.42 Å². The van der Waals surface area contributed by atoms with Gasteiger partial charge in [0.2, 0.25) is 0 Å². The average molecular weight is 356 g/mol. The molecule has 1 unspecified atom stereocenters. The number of aryl methyl sites for hydroxylation is 1. The summed E-state index contributed by atoms with van der Waals surface area (Å²) in [5.41, 5.74) is 1.54. The smallest absolute Gasteiger partial charge is 0.257 e. The van der Waals surface area contributed by atoms with Crippen molar-refractivity contribution < 1.29 is 4.79 Å². The third kappa shape index (κ3) is 3.92. The van der Waals surface area contributed by atoms with Crippen molar-refractivity contribution in [3.8, 4) is 0 Å². The molecule has 24 heavy (non-hydrogen) atoms. The Hall–Kier alpha value is -1.11. The molecule has 1 aromatic heterocycles. The second-order valence-electron chi connectivity index (χ2n) is 7.79. The molecule has 0 saturated carbocycles. The number of nitrogens with one attached hydrogen (secondary N) is 1. The normalized spacial score (nSPS) is 22.5. The molecule has 2 aliphatic rings.